The molecule has 0 amide bonds. The van der Waals surface area contributed by atoms with Crippen molar-refractivity contribution in [3.05, 3.63) is 30.1 Å². The molecule has 2 rings (SSSR count). The number of hydrogen-bond donors (Lipinski definition) is 1. The highest BCUT2D eigenvalue weighted by molar-refractivity contribution is 5.87. The van der Waals surface area contributed by atoms with E-state index >= 15 is 0 Å². The fourth-order valence-corrected chi connectivity index (χ4v) is 1.90. The lowest BCUT2D eigenvalue weighted by Gasteiger charge is -2.19. The predicted octanol–water partition coefficient (Wildman–Crippen LogP) is 3.23. The quantitative estimate of drug-likeness (QED) is 0.913. The van der Waals surface area contributed by atoms with Crippen molar-refractivity contribution in [2.45, 2.75) is 45.8 Å². The lowest BCUT2D eigenvalue weighted by molar-refractivity contribution is 0.0543. The van der Waals surface area contributed by atoms with Gasteiger partial charge in [-0.25, -0.2) is 14.3 Å². The van der Waals surface area contributed by atoms with Crippen molar-refractivity contribution in [3.8, 4) is 0 Å². The molecule has 0 spiro atoms. The third-order valence-electron chi connectivity index (χ3n) is 2.97. The molecule has 0 saturated carbocycles. The second-order valence-electron chi connectivity index (χ2n) is 5.83. The van der Waals surface area contributed by atoms with E-state index in [2.05, 4.69) is 4.98 Å². The minimum absolute atomic E-state index is 0.124. The highest BCUT2D eigenvalue weighted by atomic mass is 16.6. The summed E-state index contributed by atoms with van der Waals surface area (Å²) in [5.41, 5.74) is 6.82. The maximum absolute atomic E-state index is 12.2. The molecule has 20 heavy (non-hydrogen) atoms. The molecule has 2 aromatic rings. The van der Waals surface area contributed by atoms with Crippen LogP contribution in [-0.4, -0.2) is 21.2 Å². The number of nitrogens with zero attached hydrogens (tertiary/aromatic N) is 2. The van der Waals surface area contributed by atoms with Crippen molar-refractivity contribution in [2.24, 2.45) is 5.73 Å². The van der Waals surface area contributed by atoms with Gasteiger partial charge in [0.25, 0.3) is 0 Å². The van der Waals surface area contributed by atoms with Gasteiger partial charge in [0.15, 0.2) is 0 Å². The number of carbonyl (C=O) groups excluding carboxylic acids is 1. The topological polar surface area (TPSA) is 70.1 Å². The Morgan fingerprint density at radius 3 is 2.70 bits per heavy atom. The van der Waals surface area contributed by atoms with Crippen molar-refractivity contribution in [1.82, 2.24) is 9.55 Å². The van der Waals surface area contributed by atoms with Crippen LogP contribution in [0.1, 0.15) is 45.9 Å². The van der Waals surface area contributed by atoms with Crippen LogP contribution in [0.5, 0.6) is 0 Å². The Hall–Kier alpha value is -1.88. The third kappa shape index (κ3) is 2.99. The molecule has 5 heteroatoms. The number of hydrogen-bond acceptors (Lipinski definition) is 4. The zero-order valence-electron chi connectivity index (χ0n) is 12.4. The van der Waals surface area contributed by atoms with E-state index in [1.807, 2.05) is 45.9 Å². The molecule has 2 heterocycles. The molecule has 0 radical (unpaired) electrons. The molecule has 0 aliphatic rings. The lowest BCUT2D eigenvalue weighted by Crippen LogP contribution is -2.27. The number of carbonyl (C=O) groups is 1. The first kappa shape index (κ1) is 14.5. The van der Waals surface area contributed by atoms with Gasteiger partial charge in [0.2, 0.25) is 0 Å². The molecule has 0 fully saturated rings. The number of aromatic nitrogens is 2. The highest BCUT2D eigenvalue weighted by Crippen LogP contribution is 2.20. The smallest absolute Gasteiger partial charge is 0.420 e. The first-order valence-electron chi connectivity index (χ1n) is 6.79. The van der Waals surface area contributed by atoms with Crippen LogP contribution in [0.2, 0.25) is 0 Å². The van der Waals surface area contributed by atoms with Gasteiger partial charge in [-0.1, -0.05) is 6.92 Å². The first-order valence-corrected chi connectivity index (χ1v) is 6.79. The summed E-state index contributed by atoms with van der Waals surface area (Å²) in [6, 6.07) is 5.54. The van der Waals surface area contributed by atoms with Gasteiger partial charge < -0.3 is 10.5 Å². The summed E-state index contributed by atoms with van der Waals surface area (Å²) in [5.74, 6) is 0. The summed E-state index contributed by atoms with van der Waals surface area (Å²) in [5, 5.41) is 0.892. The molecule has 5 nitrogen and oxygen atoms in total. The van der Waals surface area contributed by atoms with Gasteiger partial charge in [-0.3, -0.25) is 0 Å². The van der Waals surface area contributed by atoms with Gasteiger partial charge in [0.05, 0.1) is 5.69 Å². The van der Waals surface area contributed by atoms with Crippen LogP contribution in [0.4, 0.5) is 4.79 Å². The molecule has 0 aliphatic heterocycles. The maximum Gasteiger partial charge on any atom is 0.420 e. The summed E-state index contributed by atoms with van der Waals surface area (Å²) < 4.78 is 6.79. The normalized spacial score (nSPS) is 13.4. The minimum Gasteiger partial charge on any atom is -0.443 e. The number of pyridine rings is 1. The van der Waals surface area contributed by atoms with Crippen LogP contribution in [-0.2, 0) is 4.74 Å². The van der Waals surface area contributed by atoms with Crippen LogP contribution >= 0.6 is 0 Å². The second-order valence-corrected chi connectivity index (χ2v) is 5.83. The number of nitrogens with two attached hydrogens (primary N) is 1. The van der Waals surface area contributed by atoms with Crippen LogP contribution in [0.15, 0.2) is 24.4 Å². The Morgan fingerprint density at radius 2 is 2.10 bits per heavy atom. The van der Waals surface area contributed by atoms with E-state index in [4.69, 9.17) is 10.5 Å². The number of fused-ring (bicyclic) bond motifs is 1. The van der Waals surface area contributed by atoms with E-state index in [0.29, 0.717) is 5.65 Å². The largest absolute Gasteiger partial charge is 0.443 e. The van der Waals surface area contributed by atoms with Crippen LogP contribution < -0.4 is 5.73 Å². The van der Waals surface area contributed by atoms with Crippen molar-refractivity contribution in [2.75, 3.05) is 0 Å². The van der Waals surface area contributed by atoms with E-state index in [1.165, 1.54) is 4.57 Å². The van der Waals surface area contributed by atoms with E-state index in [9.17, 15) is 4.79 Å². The summed E-state index contributed by atoms with van der Waals surface area (Å²) in [6.45, 7) is 7.51. The number of ether oxygens (including phenoxy) is 1. The molecule has 0 unspecified atom stereocenters. The van der Waals surface area contributed by atoms with E-state index < -0.39 is 11.7 Å². The molecule has 108 valence electrons. The Balaban J connectivity index is 2.41. The third-order valence-corrected chi connectivity index (χ3v) is 2.97. The zero-order valence-corrected chi connectivity index (χ0v) is 12.4. The molecule has 1 atom stereocenters. The van der Waals surface area contributed by atoms with Crippen LogP contribution in [0.3, 0.4) is 0 Å². The fraction of sp³-hybridized carbons (Fsp3) is 0.467. The van der Waals surface area contributed by atoms with Gasteiger partial charge in [0, 0.05) is 17.6 Å². The summed E-state index contributed by atoms with van der Waals surface area (Å²) in [4.78, 5) is 16.6. The molecule has 2 aromatic heterocycles. The standard InChI is InChI=1S/C15H21N3O2/c1-5-11(16)12-7-6-10-8-9-18(13(10)17-12)14(19)20-15(2,3)4/h6-9,11H,5,16H2,1-4H3/t11-/m0/s1. The maximum atomic E-state index is 12.2. The fourth-order valence-electron chi connectivity index (χ4n) is 1.90. The predicted molar refractivity (Wildman–Crippen MR) is 78.6 cm³/mol. The van der Waals surface area contributed by atoms with Crippen molar-refractivity contribution in [1.29, 1.82) is 0 Å². The van der Waals surface area contributed by atoms with Gasteiger partial charge in [-0.05, 0) is 45.4 Å². The summed E-state index contributed by atoms with van der Waals surface area (Å²) in [7, 11) is 0. The first-order chi connectivity index (χ1) is 9.31. The van der Waals surface area contributed by atoms with Gasteiger partial charge in [-0.2, -0.15) is 0 Å². The Kier molecular flexibility index (Phi) is 3.81. The highest BCUT2D eigenvalue weighted by Gasteiger charge is 2.20. The van der Waals surface area contributed by atoms with Gasteiger partial charge in [0.1, 0.15) is 11.2 Å². The van der Waals surface area contributed by atoms with E-state index in [1.54, 1.807) is 6.20 Å². The monoisotopic (exact) mass is 275 g/mol. The second kappa shape index (κ2) is 5.25. The van der Waals surface area contributed by atoms with E-state index in [0.717, 1.165) is 17.5 Å². The summed E-state index contributed by atoms with van der Waals surface area (Å²) >= 11 is 0. The van der Waals surface area contributed by atoms with Gasteiger partial charge in [-0.15, -0.1) is 0 Å². The van der Waals surface area contributed by atoms with E-state index in [-0.39, 0.29) is 6.04 Å². The molecule has 0 bridgehead atoms. The van der Waals surface area contributed by atoms with Crippen molar-refractivity contribution >= 4 is 17.1 Å². The molecular weight excluding hydrogens is 254 g/mol. The SMILES string of the molecule is CC[C@H](N)c1ccc2ccn(C(=O)OC(C)(C)C)c2n1. The average Bonchev–Trinajstić information content (AvgIpc) is 2.78. The van der Waals surface area contributed by atoms with Crippen LogP contribution in [0.25, 0.3) is 11.0 Å². The van der Waals surface area contributed by atoms with Crippen molar-refractivity contribution in [3.63, 3.8) is 0 Å². The minimum atomic E-state index is -0.537. The van der Waals surface area contributed by atoms with Crippen molar-refractivity contribution < 1.29 is 9.53 Å². The Morgan fingerprint density at radius 1 is 1.40 bits per heavy atom. The molecule has 2 N–H and O–H groups in total. The molecule has 0 aromatic carbocycles. The van der Waals surface area contributed by atoms with Gasteiger partial charge >= 0.3 is 6.09 Å². The Labute approximate surface area is 118 Å². The lowest BCUT2D eigenvalue weighted by atomic mass is 10.1. The Bertz CT molecular complexity index is 626. The molecular formula is C15H21N3O2. The molecule has 0 saturated heterocycles. The average molecular weight is 275 g/mol. The number of rotatable bonds is 2. The zero-order chi connectivity index (χ0) is 14.9. The summed E-state index contributed by atoms with van der Waals surface area (Å²) in [6.07, 6.45) is 2.04. The van der Waals surface area contributed by atoms with Crippen LogP contribution in [0, 0.1) is 0 Å². The molecule has 0 aliphatic carbocycles.